The van der Waals surface area contributed by atoms with Crippen LogP contribution in [-0.2, 0) is 4.74 Å². The summed E-state index contributed by atoms with van der Waals surface area (Å²) in [5.41, 5.74) is 0. The Kier molecular flexibility index (Phi) is 5.97. The van der Waals surface area contributed by atoms with Crippen molar-refractivity contribution in [1.82, 2.24) is 5.32 Å². The van der Waals surface area contributed by atoms with E-state index in [0.29, 0.717) is 21.8 Å². The van der Waals surface area contributed by atoms with E-state index in [1.165, 1.54) is 0 Å². The number of nitrogens with one attached hydrogen (secondary N) is 1. The van der Waals surface area contributed by atoms with Gasteiger partial charge < -0.3 is 14.8 Å². The van der Waals surface area contributed by atoms with Crippen LogP contribution >= 0.6 is 23.2 Å². The fourth-order valence-corrected chi connectivity index (χ4v) is 2.69. The molecule has 0 spiro atoms. The average molecular weight is 318 g/mol. The summed E-state index contributed by atoms with van der Waals surface area (Å²) in [4.78, 5) is 0. The molecule has 0 aliphatic heterocycles. The van der Waals surface area contributed by atoms with Crippen molar-refractivity contribution in [1.29, 1.82) is 0 Å². The topological polar surface area (TPSA) is 30.5 Å². The second-order valence-corrected chi connectivity index (χ2v) is 5.81. The third-order valence-corrected chi connectivity index (χ3v) is 3.95. The summed E-state index contributed by atoms with van der Waals surface area (Å²) in [5, 5.41) is 4.62. The number of rotatable bonds is 7. The van der Waals surface area contributed by atoms with E-state index in [9.17, 15) is 0 Å². The second kappa shape index (κ2) is 7.51. The normalized spacial score (nSPS) is 25.3. The molecule has 1 aliphatic rings. The molecule has 3 nitrogen and oxygen atoms in total. The van der Waals surface area contributed by atoms with Gasteiger partial charge in [0, 0.05) is 30.2 Å². The van der Waals surface area contributed by atoms with Gasteiger partial charge in [-0.25, -0.2) is 0 Å². The maximum absolute atomic E-state index is 6.13. The van der Waals surface area contributed by atoms with E-state index in [1.807, 2.05) is 0 Å². The van der Waals surface area contributed by atoms with Gasteiger partial charge in [0.2, 0.25) is 0 Å². The molecule has 0 amide bonds. The van der Waals surface area contributed by atoms with E-state index >= 15 is 0 Å². The monoisotopic (exact) mass is 317 g/mol. The smallest absolute Gasteiger partial charge is 0.139 e. The van der Waals surface area contributed by atoms with Crippen LogP contribution in [0.2, 0.25) is 10.0 Å². The zero-order valence-electron chi connectivity index (χ0n) is 11.9. The van der Waals surface area contributed by atoms with Gasteiger partial charge in [-0.3, -0.25) is 0 Å². The minimum Gasteiger partial charge on any atom is -0.486 e. The Hall–Kier alpha value is -0.480. The quantitative estimate of drug-likeness (QED) is 0.826. The Morgan fingerprint density at radius 3 is 2.80 bits per heavy atom. The van der Waals surface area contributed by atoms with Crippen LogP contribution in [0, 0.1) is 0 Å². The highest BCUT2D eigenvalue weighted by Crippen LogP contribution is 2.34. The molecule has 3 unspecified atom stereocenters. The van der Waals surface area contributed by atoms with Gasteiger partial charge in [-0.15, -0.1) is 0 Å². The fraction of sp³-hybridized carbons (Fsp3) is 0.600. The highest BCUT2D eigenvalue weighted by Gasteiger charge is 2.43. The Balaban J connectivity index is 1.99. The maximum atomic E-state index is 6.13. The van der Waals surface area contributed by atoms with Crippen molar-refractivity contribution in [3.8, 4) is 5.75 Å². The highest BCUT2D eigenvalue weighted by atomic mass is 35.5. The largest absolute Gasteiger partial charge is 0.486 e. The number of hydrogen-bond donors (Lipinski definition) is 1. The summed E-state index contributed by atoms with van der Waals surface area (Å²) < 4.78 is 11.9. The van der Waals surface area contributed by atoms with Crippen molar-refractivity contribution >= 4 is 23.2 Å². The van der Waals surface area contributed by atoms with E-state index < -0.39 is 0 Å². The molecule has 20 heavy (non-hydrogen) atoms. The third-order valence-electron chi connectivity index (χ3n) is 3.40. The molecule has 112 valence electrons. The third kappa shape index (κ3) is 3.79. The molecular weight excluding hydrogens is 297 g/mol. The molecule has 0 radical (unpaired) electrons. The SMILES string of the molecule is CCCOC1C(NCC)CC1Oc1cc(Cl)ccc1Cl. The van der Waals surface area contributed by atoms with E-state index in [4.69, 9.17) is 32.7 Å². The Morgan fingerprint density at radius 1 is 1.30 bits per heavy atom. The van der Waals surface area contributed by atoms with Crippen LogP contribution in [0.3, 0.4) is 0 Å². The Labute approximate surface area is 130 Å². The standard InChI is InChI=1S/C15H21Cl2NO2/c1-3-7-19-15-12(18-4-2)9-14(15)20-13-8-10(16)5-6-11(13)17/h5-6,8,12,14-15,18H,3-4,7,9H2,1-2H3. The van der Waals surface area contributed by atoms with E-state index in [0.717, 1.165) is 26.0 Å². The highest BCUT2D eigenvalue weighted by molar-refractivity contribution is 6.34. The molecule has 2 rings (SSSR count). The first-order valence-electron chi connectivity index (χ1n) is 7.12. The van der Waals surface area contributed by atoms with E-state index in [2.05, 4.69) is 19.2 Å². The maximum Gasteiger partial charge on any atom is 0.139 e. The van der Waals surface area contributed by atoms with Crippen LogP contribution in [-0.4, -0.2) is 31.4 Å². The number of halogens is 2. The molecule has 1 N–H and O–H groups in total. The van der Waals surface area contributed by atoms with Gasteiger partial charge in [0.25, 0.3) is 0 Å². The van der Waals surface area contributed by atoms with Crippen molar-refractivity contribution in [2.45, 2.75) is 44.9 Å². The fourth-order valence-electron chi connectivity index (χ4n) is 2.37. The average Bonchev–Trinajstić information content (AvgIpc) is 2.41. The summed E-state index contributed by atoms with van der Waals surface area (Å²) in [6.07, 6.45) is 2.02. The number of benzene rings is 1. The first kappa shape index (κ1) is 15.9. The van der Waals surface area contributed by atoms with Crippen LogP contribution in [0.15, 0.2) is 18.2 Å². The van der Waals surface area contributed by atoms with E-state index in [1.54, 1.807) is 18.2 Å². The van der Waals surface area contributed by atoms with Crippen LogP contribution in [0.4, 0.5) is 0 Å². The molecule has 0 heterocycles. The van der Waals surface area contributed by atoms with Gasteiger partial charge >= 0.3 is 0 Å². The number of likely N-dealkylation sites (N-methyl/N-ethyl adjacent to an activating group) is 1. The summed E-state index contributed by atoms with van der Waals surface area (Å²) in [6, 6.07) is 5.61. The lowest BCUT2D eigenvalue weighted by molar-refractivity contribution is -0.107. The van der Waals surface area contributed by atoms with Gasteiger partial charge in [-0.2, -0.15) is 0 Å². The minimum absolute atomic E-state index is 0.0292. The lowest BCUT2D eigenvalue weighted by Gasteiger charge is -2.44. The van der Waals surface area contributed by atoms with Crippen molar-refractivity contribution in [3.63, 3.8) is 0 Å². The van der Waals surface area contributed by atoms with Crippen molar-refractivity contribution in [2.24, 2.45) is 0 Å². The van der Waals surface area contributed by atoms with Crippen molar-refractivity contribution in [3.05, 3.63) is 28.2 Å². The number of hydrogen-bond acceptors (Lipinski definition) is 3. The van der Waals surface area contributed by atoms with Crippen LogP contribution in [0.25, 0.3) is 0 Å². The minimum atomic E-state index is 0.0292. The first-order valence-corrected chi connectivity index (χ1v) is 7.88. The summed E-state index contributed by atoms with van der Waals surface area (Å²) >= 11 is 12.1. The van der Waals surface area contributed by atoms with Gasteiger partial charge in [-0.05, 0) is 25.1 Å². The van der Waals surface area contributed by atoms with E-state index in [-0.39, 0.29) is 12.2 Å². The Morgan fingerprint density at radius 2 is 2.10 bits per heavy atom. The van der Waals surface area contributed by atoms with Gasteiger partial charge in [0.15, 0.2) is 0 Å². The molecule has 0 aromatic heterocycles. The molecule has 1 aromatic carbocycles. The van der Waals surface area contributed by atoms with Gasteiger partial charge in [0.1, 0.15) is 18.0 Å². The van der Waals surface area contributed by atoms with Crippen LogP contribution < -0.4 is 10.1 Å². The molecule has 0 bridgehead atoms. The van der Waals surface area contributed by atoms with Gasteiger partial charge in [0.05, 0.1) is 5.02 Å². The molecule has 1 saturated carbocycles. The molecule has 0 saturated heterocycles. The van der Waals surface area contributed by atoms with Crippen LogP contribution in [0.1, 0.15) is 26.7 Å². The van der Waals surface area contributed by atoms with Gasteiger partial charge in [-0.1, -0.05) is 37.0 Å². The Bertz CT molecular complexity index is 442. The second-order valence-electron chi connectivity index (χ2n) is 4.97. The molecule has 1 fully saturated rings. The molecular formula is C15H21Cl2NO2. The van der Waals surface area contributed by atoms with Crippen molar-refractivity contribution in [2.75, 3.05) is 13.2 Å². The summed E-state index contributed by atoms with van der Waals surface area (Å²) in [6.45, 7) is 5.88. The zero-order valence-corrected chi connectivity index (χ0v) is 13.4. The molecule has 1 aromatic rings. The van der Waals surface area contributed by atoms with Crippen LogP contribution in [0.5, 0.6) is 5.75 Å². The lowest BCUT2D eigenvalue weighted by atomic mass is 9.85. The molecule has 1 aliphatic carbocycles. The lowest BCUT2D eigenvalue weighted by Crippen LogP contribution is -2.61. The predicted molar refractivity (Wildman–Crippen MR) is 83.0 cm³/mol. The number of ether oxygens (including phenoxy) is 2. The first-order chi connectivity index (χ1) is 9.65. The summed E-state index contributed by atoms with van der Waals surface area (Å²) in [5.74, 6) is 0.629. The van der Waals surface area contributed by atoms with Crippen molar-refractivity contribution < 1.29 is 9.47 Å². The molecule has 5 heteroatoms. The molecule has 3 atom stereocenters. The summed E-state index contributed by atoms with van der Waals surface area (Å²) in [7, 11) is 0. The predicted octanol–water partition coefficient (Wildman–Crippen LogP) is 3.92. The zero-order chi connectivity index (χ0) is 14.5.